The number of nitrogens with zero attached hydrogens (tertiary/aromatic N) is 1. The number of aliphatic imine (C=N–C) groups is 1. The van der Waals surface area contributed by atoms with Gasteiger partial charge in [-0.3, -0.25) is 4.99 Å². The summed E-state index contributed by atoms with van der Waals surface area (Å²) in [6.45, 7) is 6.77. The van der Waals surface area contributed by atoms with Crippen molar-refractivity contribution in [2.75, 3.05) is 13.1 Å². The van der Waals surface area contributed by atoms with Crippen LogP contribution in [0.3, 0.4) is 0 Å². The van der Waals surface area contributed by atoms with Gasteiger partial charge in [-0.1, -0.05) is 13.8 Å². The predicted octanol–water partition coefficient (Wildman–Crippen LogP) is 3.94. The summed E-state index contributed by atoms with van der Waals surface area (Å²) >= 11 is 0. The van der Waals surface area contributed by atoms with E-state index in [1.165, 1.54) is 6.42 Å². The summed E-state index contributed by atoms with van der Waals surface area (Å²) in [6, 6.07) is 0.303. The molecule has 0 aromatic rings. The third kappa shape index (κ3) is 9.42. The van der Waals surface area contributed by atoms with Crippen LogP contribution in [0.1, 0.15) is 46.5 Å². The zero-order chi connectivity index (χ0) is 15.2. The van der Waals surface area contributed by atoms with Gasteiger partial charge in [-0.15, -0.1) is 24.0 Å². The van der Waals surface area contributed by atoms with Crippen LogP contribution in [0.4, 0.5) is 13.2 Å². The summed E-state index contributed by atoms with van der Waals surface area (Å²) in [5.74, 6) is 1.80. The SMILES string of the molecule is CCNC(=NCCC(F)(F)F)NC1CC(C)CC(C)C1.I. The van der Waals surface area contributed by atoms with Gasteiger partial charge in [-0.05, 0) is 38.0 Å². The van der Waals surface area contributed by atoms with Crippen molar-refractivity contribution in [3.8, 4) is 0 Å². The van der Waals surface area contributed by atoms with E-state index < -0.39 is 12.6 Å². The highest BCUT2D eigenvalue weighted by Gasteiger charge is 2.27. The maximum atomic E-state index is 12.1. The predicted molar refractivity (Wildman–Crippen MR) is 91.2 cm³/mol. The van der Waals surface area contributed by atoms with E-state index >= 15 is 0 Å². The number of hydrogen-bond acceptors (Lipinski definition) is 1. The van der Waals surface area contributed by atoms with Crippen molar-refractivity contribution >= 4 is 29.9 Å². The monoisotopic (exact) mass is 421 g/mol. The number of guanidine groups is 1. The van der Waals surface area contributed by atoms with E-state index in [1.54, 1.807) is 0 Å². The van der Waals surface area contributed by atoms with Crippen molar-refractivity contribution < 1.29 is 13.2 Å². The summed E-state index contributed by atoms with van der Waals surface area (Å²) < 4.78 is 36.4. The average molecular weight is 421 g/mol. The summed E-state index contributed by atoms with van der Waals surface area (Å²) in [5.41, 5.74) is 0. The minimum Gasteiger partial charge on any atom is -0.357 e. The van der Waals surface area contributed by atoms with Crippen LogP contribution >= 0.6 is 24.0 Å². The number of rotatable bonds is 4. The molecule has 0 amide bonds. The molecular formula is C14H27F3IN3. The van der Waals surface area contributed by atoms with Crippen LogP contribution in [0.5, 0.6) is 0 Å². The van der Waals surface area contributed by atoms with Gasteiger partial charge in [-0.2, -0.15) is 13.2 Å². The van der Waals surface area contributed by atoms with Gasteiger partial charge in [0.2, 0.25) is 0 Å². The van der Waals surface area contributed by atoms with E-state index in [2.05, 4.69) is 29.5 Å². The first kappa shape index (κ1) is 20.8. The van der Waals surface area contributed by atoms with E-state index in [9.17, 15) is 13.2 Å². The van der Waals surface area contributed by atoms with Gasteiger partial charge in [-0.25, -0.2) is 0 Å². The lowest BCUT2D eigenvalue weighted by atomic mass is 9.80. The van der Waals surface area contributed by atoms with E-state index in [4.69, 9.17) is 0 Å². The Morgan fingerprint density at radius 2 is 1.71 bits per heavy atom. The molecule has 0 heterocycles. The molecule has 1 fully saturated rings. The number of halogens is 4. The Morgan fingerprint density at radius 1 is 1.14 bits per heavy atom. The summed E-state index contributed by atoms with van der Waals surface area (Å²) in [6.07, 6.45) is -1.70. The molecule has 0 radical (unpaired) electrons. The van der Waals surface area contributed by atoms with Crippen LogP contribution < -0.4 is 10.6 Å². The van der Waals surface area contributed by atoms with Gasteiger partial charge >= 0.3 is 6.18 Å². The van der Waals surface area contributed by atoms with Crippen LogP contribution in [0.25, 0.3) is 0 Å². The van der Waals surface area contributed by atoms with E-state index in [0.717, 1.165) is 12.8 Å². The van der Waals surface area contributed by atoms with E-state index in [1.807, 2.05) is 6.92 Å². The fourth-order valence-corrected chi connectivity index (χ4v) is 2.87. The molecule has 1 saturated carbocycles. The van der Waals surface area contributed by atoms with Gasteiger partial charge in [0, 0.05) is 12.6 Å². The average Bonchev–Trinajstić information content (AvgIpc) is 2.25. The topological polar surface area (TPSA) is 36.4 Å². The number of nitrogens with one attached hydrogen (secondary N) is 2. The molecule has 2 atom stereocenters. The molecule has 1 rings (SSSR count). The van der Waals surface area contributed by atoms with Gasteiger partial charge in [0.25, 0.3) is 0 Å². The standard InChI is InChI=1S/C14H26F3N3.HI/c1-4-18-13(19-6-5-14(15,16)17)20-12-8-10(2)7-11(3)9-12;/h10-12H,4-9H2,1-3H3,(H2,18,19,20);1H. The molecule has 2 N–H and O–H groups in total. The molecule has 0 saturated heterocycles. The first-order valence-electron chi connectivity index (χ1n) is 7.41. The Morgan fingerprint density at radius 3 is 2.19 bits per heavy atom. The third-order valence-electron chi connectivity index (χ3n) is 3.53. The maximum absolute atomic E-state index is 12.1. The minimum absolute atomic E-state index is 0. The fourth-order valence-electron chi connectivity index (χ4n) is 2.87. The third-order valence-corrected chi connectivity index (χ3v) is 3.53. The normalized spacial score (nSPS) is 27.0. The molecule has 21 heavy (non-hydrogen) atoms. The van der Waals surface area contributed by atoms with Gasteiger partial charge in [0.05, 0.1) is 13.0 Å². The van der Waals surface area contributed by atoms with Gasteiger partial charge < -0.3 is 10.6 Å². The second-order valence-corrected chi connectivity index (χ2v) is 5.88. The Kier molecular flexibility index (Phi) is 9.64. The molecule has 3 nitrogen and oxygen atoms in total. The molecule has 126 valence electrons. The second-order valence-electron chi connectivity index (χ2n) is 5.88. The fraction of sp³-hybridized carbons (Fsp3) is 0.929. The van der Waals surface area contributed by atoms with Crippen molar-refractivity contribution in [3.63, 3.8) is 0 Å². The highest BCUT2D eigenvalue weighted by molar-refractivity contribution is 14.0. The van der Waals surface area contributed by atoms with Gasteiger partial charge in [0.15, 0.2) is 5.96 Å². The molecule has 7 heteroatoms. The molecule has 0 aromatic heterocycles. The Hall–Kier alpha value is -0.210. The lowest BCUT2D eigenvalue weighted by molar-refractivity contribution is -0.132. The molecular weight excluding hydrogens is 394 g/mol. The van der Waals surface area contributed by atoms with Crippen LogP contribution in [0, 0.1) is 11.8 Å². The van der Waals surface area contributed by atoms with Crippen molar-refractivity contribution in [1.82, 2.24) is 10.6 Å². The zero-order valence-corrected chi connectivity index (χ0v) is 15.3. The molecule has 2 unspecified atom stereocenters. The van der Waals surface area contributed by atoms with Gasteiger partial charge in [0.1, 0.15) is 0 Å². The Balaban J connectivity index is 0.00000400. The lowest BCUT2D eigenvalue weighted by Crippen LogP contribution is -2.46. The summed E-state index contributed by atoms with van der Waals surface area (Å²) in [4.78, 5) is 4.02. The highest BCUT2D eigenvalue weighted by Crippen LogP contribution is 2.28. The molecule has 1 aliphatic rings. The summed E-state index contributed by atoms with van der Waals surface area (Å²) in [7, 11) is 0. The smallest absolute Gasteiger partial charge is 0.357 e. The second kappa shape index (κ2) is 9.74. The lowest BCUT2D eigenvalue weighted by Gasteiger charge is -2.32. The zero-order valence-electron chi connectivity index (χ0n) is 13.0. The first-order valence-corrected chi connectivity index (χ1v) is 7.41. The quantitative estimate of drug-likeness (QED) is 0.410. The van der Waals surface area contributed by atoms with E-state index in [-0.39, 0.29) is 30.5 Å². The molecule has 0 aromatic carbocycles. The first-order chi connectivity index (χ1) is 9.30. The Bertz CT molecular complexity index is 311. The molecule has 0 bridgehead atoms. The largest absolute Gasteiger partial charge is 0.390 e. The molecule has 1 aliphatic carbocycles. The number of hydrogen-bond donors (Lipinski definition) is 2. The number of alkyl halides is 3. The van der Waals surface area contributed by atoms with Crippen LogP contribution in [-0.2, 0) is 0 Å². The van der Waals surface area contributed by atoms with Crippen LogP contribution in [0.15, 0.2) is 4.99 Å². The highest BCUT2D eigenvalue weighted by atomic mass is 127. The molecule has 0 spiro atoms. The van der Waals surface area contributed by atoms with Crippen LogP contribution in [0.2, 0.25) is 0 Å². The van der Waals surface area contributed by atoms with Crippen molar-refractivity contribution in [2.24, 2.45) is 16.8 Å². The van der Waals surface area contributed by atoms with Crippen molar-refractivity contribution in [3.05, 3.63) is 0 Å². The van der Waals surface area contributed by atoms with Crippen LogP contribution in [-0.4, -0.2) is 31.3 Å². The van der Waals surface area contributed by atoms with Crippen molar-refractivity contribution in [1.29, 1.82) is 0 Å². The van der Waals surface area contributed by atoms with Crippen molar-refractivity contribution in [2.45, 2.75) is 58.7 Å². The van der Waals surface area contributed by atoms with E-state index in [0.29, 0.717) is 30.4 Å². The Labute approximate surface area is 142 Å². The molecule has 0 aliphatic heterocycles. The minimum atomic E-state index is -4.14. The maximum Gasteiger partial charge on any atom is 0.390 e. The summed E-state index contributed by atoms with van der Waals surface area (Å²) in [5, 5.41) is 6.29.